The SMILES string of the molecule is CCOC(Cc1ccc(OCCN2c3ccccc3Sc3ccccc32)cc1)C(=O)[O-]. The molecule has 0 fully saturated rings. The van der Waals surface area contributed by atoms with Crippen molar-refractivity contribution >= 4 is 29.1 Å². The summed E-state index contributed by atoms with van der Waals surface area (Å²) in [5, 5.41) is 11.2. The van der Waals surface area contributed by atoms with Gasteiger partial charge in [0.05, 0.1) is 23.9 Å². The summed E-state index contributed by atoms with van der Waals surface area (Å²) in [5.41, 5.74) is 3.25. The zero-order valence-electron chi connectivity index (χ0n) is 17.3. The molecule has 0 saturated heterocycles. The van der Waals surface area contributed by atoms with E-state index in [9.17, 15) is 9.90 Å². The molecule has 1 atom stereocenters. The van der Waals surface area contributed by atoms with Gasteiger partial charge in [0.25, 0.3) is 0 Å². The van der Waals surface area contributed by atoms with Crippen LogP contribution in [0.3, 0.4) is 0 Å². The molecule has 3 aromatic carbocycles. The molecule has 0 radical (unpaired) electrons. The van der Waals surface area contributed by atoms with Gasteiger partial charge in [-0.3, -0.25) is 0 Å². The van der Waals surface area contributed by atoms with Gasteiger partial charge in [0, 0.05) is 22.8 Å². The van der Waals surface area contributed by atoms with Gasteiger partial charge in [-0.25, -0.2) is 0 Å². The molecule has 3 aromatic rings. The smallest absolute Gasteiger partial charge is 0.119 e. The number of aliphatic carboxylic acids is 1. The second-order valence-corrected chi connectivity index (χ2v) is 8.23. The summed E-state index contributed by atoms with van der Waals surface area (Å²) in [6, 6.07) is 24.3. The number of carbonyl (C=O) groups is 1. The molecular formula is C25H24NO4S-. The van der Waals surface area contributed by atoms with E-state index in [1.54, 1.807) is 18.7 Å². The minimum Gasteiger partial charge on any atom is -0.547 e. The first-order valence-corrected chi connectivity index (χ1v) is 11.1. The molecule has 4 rings (SSSR count). The number of ether oxygens (including phenoxy) is 2. The number of fused-ring (bicyclic) bond motifs is 2. The first-order chi connectivity index (χ1) is 15.2. The van der Waals surface area contributed by atoms with E-state index in [1.165, 1.54) is 21.2 Å². The van der Waals surface area contributed by atoms with E-state index in [4.69, 9.17) is 9.47 Å². The zero-order chi connectivity index (χ0) is 21.6. The largest absolute Gasteiger partial charge is 0.547 e. The molecule has 0 aliphatic carbocycles. The van der Waals surface area contributed by atoms with E-state index in [0.717, 1.165) is 11.3 Å². The molecule has 160 valence electrons. The summed E-state index contributed by atoms with van der Waals surface area (Å²) < 4.78 is 11.2. The molecule has 6 heteroatoms. The van der Waals surface area contributed by atoms with Crippen molar-refractivity contribution < 1.29 is 19.4 Å². The average molecular weight is 435 g/mol. The van der Waals surface area contributed by atoms with Gasteiger partial charge in [0.1, 0.15) is 18.5 Å². The van der Waals surface area contributed by atoms with E-state index >= 15 is 0 Å². The molecule has 5 nitrogen and oxygen atoms in total. The van der Waals surface area contributed by atoms with Crippen LogP contribution in [0.25, 0.3) is 0 Å². The van der Waals surface area contributed by atoms with Gasteiger partial charge in [0.15, 0.2) is 0 Å². The fraction of sp³-hybridized carbons (Fsp3) is 0.240. The van der Waals surface area contributed by atoms with Crippen LogP contribution in [0, 0.1) is 0 Å². The van der Waals surface area contributed by atoms with Gasteiger partial charge in [-0.05, 0) is 48.9 Å². The Hall–Kier alpha value is -2.96. The predicted molar refractivity (Wildman–Crippen MR) is 120 cm³/mol. The first kappa shape index (κ1) is 21.3. The number of rotatable bonds is 9. The third kappa shape index (κ3) is 5.03. The Bertz CT molecular complexity index is 992. The quantitative estimate of drug-likeness (QED) is 0.506. The number of nitrogens with zero attached hydrogens (tertiary/aromatic N) is 1. The lowest BCUT2D eigenvalue weighted by Gasteiger charge is -2.32. The van der Waals surface area contributed by atoms with Crippen LogP contribution in [-0.4, -0.2) is 31.8 Å². The van der Waals surface area contributed by atoms with Crippen molar-refractivity contribution in [2.24, 2.45) is 0 Å². The third-order valence-corrected chi connectivity index (χ3v) is 6.22. The highest BCUT2D eigenvalue weighted by Gasteiger charge is 2.22. The molecule has 1 heterocycles. The molecule has 0 bridgehead atoms. The second-order valence-electron chi connectivity index (χ2n) is 7.15. The molecule has 1 aliphatic rings. The Balaban J connectivity index is 1.39. The van der Waals surface area contributed by atoms with E-state index in [1.807, 2.05) is 24.3 Å². The van der Waals surface area contributed by atoms with E-state index < -0.39 is 12.1 Å². The molecule has 0 aromatic heterocycles. The number of hydrogen-bond donors (Lipinski definition) is 0. The minimum atomic E-state index is -1.19. The molecule has 0 spiro atoms. The zero-order valence-corrected chi connectivity index (χ0v) is 18.1. The van der Waals surface area contributed by atoms with Gasteiger partial charge < -0.3 is 24.3 Å². The molecule has 0 saturated carbocycles. The highest BCUT2D eigenvalue weighted by Crippen LogP contribution is 2.47. The van der Waals surface area contributed by atoms with Crippen LogP contribution < -0.4 is 14.7 Å². The molecular weight excluding hydrogens is 410 g/mol. The highest BCUT2D eigenvalue weighted by molar-refractivity contribution is 7.99. The summed E-state index contributed by atoms with van der Waals surface area (Å²) in [5.74, 6) is -0.444. The minimum absolute atomic E-state index is 0.273. The lowest BCUT2D eigenvalue weighted by atomic mass is 10.1. The van der Waals surface area contributed by atoms with Gasteiger partial charge in [-0.1, -0.05) is 48.2 Å². The second kappa shape index (κ2) is 9.90. The lowest BCUT2D eigenvalue weighted by molar-refractivity contribution is -0.316. The van der Waals surface area contributed by atoms with Crippen LogP contribution in [-0.2, 0) is 16.0 Å². The van der Waals surface area contributed by atoms with Crippen molar-refractivity contribution in [1.82, 2.24) is 0 Å². The lowest BCUT2D eigenvalue weighted by Crippen LogP contribution is -2.39. The maximum atomic E-state index is 11.2. The molecule has 0 N–H and O–H groups in total. The van der Waals surface area contributed by atoms with E-state index in [-0.39, 0.29) is 6.42 Å². The van der Waals surface area contributed by atoms with Crippen molar-refractivity contribution in [1.29, 1.82) is 0 Å². The number of benzene rings is 3. The highest BCUT2D eigenvalue weighted by atomic mass is 32.2. The summed E-state index contributed by atoms with van der Waals surface area (Å²) in [7, 11) is 0. The van der Waals surface area contributed by atoms with Crippen molar-refractivity contribution in [2.75, 3.05) is 24.7 Å². The summed E-state index contributed by atoms with van der Waals surface area (Å²) in [4.78, 5) is 15.9. The maximum Gasteiger partial charge on any atom is 0.119 e. The third-order valence-electron chi connectivity index (χ3n) is 5.09. The van der Waals surface area contributed by atoms with Gasteiger partial charge in [-0.15, -0.1) is 0 Å². The fourth-order valence-electron chi connectivity index (χ4n) is 3.62. The molecule has 1 aliphatic heterocycles. The van der Waals surface area contributed by atoms with Crippen LogP contribution in [0.15, 0.2) is 82.6 Å². The van der Waals surface area contributed by atoms with Crippen molar-refractivity contribution in [3.63, 3.8) is 0 Å². The number of hydrogen-bond acceptors (Lipinski definition) is 6. The molecule has 0 amide bonds. The normalized spacial score (nSPS) is 13.3. The summed E-state index contributed by atoms with van der Waals surface area (Å²) >= 11 is 1.79. The molecule has 1 unspecified atom stereocenters. The van der Waals surface area contributed by atoms with Gasteiger partial charge in [-0.2, -0.15) is 0 Å². The number of carboxylic acids is 1. The van der Waals surface area contributed by atoms with Crippen molar-refractivity contribution in [2.45, 2.75) is 29.2 Å². The number of carbonyl (C=O) groups excluding carboxylic acids is 1. The average Bonchev–Trinajstić information content (AvgIpc) is 2.79. The van der Waals surface area contributed by atoms with Gasteiger partial charge in [0.2, 0.25) is 0 Å². The van der Waals surface area contributed by atoms with Gasteiger partial charge >= 0.3 is 0 Å². The van der Waals surface area contributed by atoms with Crippen LogP contribution in [0.2, 0.25) is 0 Å². The van der Waals surface area contributed by atoms with Crippen molar-refractivity contribution in [3.05, 3.63) is 78.4 Å². The van der Waals surface area contributed by atoms with E-state index in [0.29, 0.717) is 19.8 Å². The number of carboxylic acid groups (broad SMARTS) is 1. The van der Waals surface area contributed by atoms with E-state index in [2.05, 4.69) is 53.4 Å². The Morgan fingerprint density at radius 3 is 2.16 bits per heavy atom. The Morgan fingerprint density at radius 2 is 1.58 bits per heavy atom. The monoisotopic (exact) mass is 434 g/mol. The molecule has 31 heavy (non-hydrogen) atoms. The Labute approximate surface area is 186 Å². The van der Waals surface area contributed by atoms with Crippen LogP contribution in [0.4, 0.5) is 11.4 Å². The summed E-state index contributed by atoms with van der Waals surface area (Å²) in [6.07, 6.45) is -0.663. The fourth-order valence-corrected chi connectivity index (χ4v) is 4.72. The predicted octanol–water partition coefficient (Wildman–Crippen LogP) is 4.07. The number of para-hydroxylation sites is 2. The van der Waals surface area contributed by atoms with Crippen LogP contribution in [0.5, 0.6) is 5.75 Å². The summed E-state index contributed by atoms with van der Waals surface area (Å²) in [6.45, 7) is 3.34. The Morgan fingerprint density at radius 1 is 0.968 bits per heavy atom. The van der Waals surface area contributed by atoms with Crippen LogP contribution in [0.1, 0.15) is 12.5 Å². The van der Waals surface area contributed by atoms with Crippen molar-refractivity contribution in [3.8, 4) is 5.75 Å². The standard InChI is InChI=1S/C25H25NO4S/c1-2-29-22(25(27)28)17-18-11-13-19(14-12-18)30-16-15-26-20-7-3-5-9-23(20)31-24-10-6-4-8-21(24)26/h3-14,22H,2,15-17H2,1H3,(H,27,28)/p-1. The van der Waals surface area contributed by atoms with Crippen LogP contribution >= 0.6 is 11.8 Å². The topological polar surface area (TPSA) is 61.8 Å². The maximum absolute atomic E-state index is 11.2. The first-order valence-electron chi connectivity index (χ1n) is 10.3. The number of anilines is 2. The Kier molecular flexibility index (Phi) is 6.79.